The Balaban J connectivity index is 1.69. The van der Waals surface area contributed by atoms with Crippen molar-refractivity contribution in [2.75, 3.05) is 17.7 Å². The first-order chi connectivity index (χ1) is 16.7. The number of aromatic nitrogens is 7. The average Bonchev–Trinajstić information content (AvgIpc) is 3.35. The van der Waals surface area contributed by atoms with Crippen LogP contribution < -0.4 is 21.1 Å². The van der Waals surface area contributed by atoms with Gasteiger partial charge in [-0.25, -0.2) is 9.97 Å². The molecule has 12 nitrogen and oxygen atoms in total. The molecule has 0 radical (unpaired) electrons. The van der Waals surface area contributed by atoms with Gasteiger partial charge in [0.05, 0.1) is 30.1 Å². The highest BCUT2D eigenvalue weighted by molar-refractivity contribution is 5.98. The van der Waals surface area contributed by atoms with E-state index in [1.54, 1.807) is 31.2 Å². The van der Waals surface area contributed by atoms with Crippen molar-refractivity contribution in [3.63, 3.8) is 0 Å². The van der Waals surface area contributed by atoms with Gasteiger partial charge in [0, 0.05) is 31.5 Å². The lowest BCUT2D eigenvalue weighted by molar-refractivity contribution is 0.100. The zero-order chi connectivity index (χ0) is 25.3. The van der Waals surface area contributed by atoms with Crippen LogP contribution in [0.5, 0.6) is 5.75 Å². The quantitative estimate of drug-likeness (QED) is 0.348. The molecule has 0 saturated carbocycles. The van der Waals surface area contributed by atoms with Crippen LogP contribution in [-0.2, 0) is 14.1 Å². The number of primary amides is 1. The molecule has 4 aromatic rings. The van der Waals surface area contributed by atoms with Crippen molar-refractivity contribution < 1.29 is 9.53 Å². The second-order valence-electron chi connectivity index (χ2n) is 8.15. The van der Waals surface area contributed by atoms with Gasteiger partial charge in [-0.15, -0.1) is 0 Å². The molecule has 0 aliphatic rings. The Labute approximate surface area is 202 Å². The average molecular weight is 477 g/mol. The third-order valence-electron chi connectivity index (χ3n) is 5.71. The number of hydrogen-bond donors (Lipinski definition) is 3. The van der Waals surface area contributed by atoms with Crippen LogP contribution in [0.1, 0.15) is 40.3 Å². The number of ether oxygens (including phenoxy) is 1. The van der Waals surface area contributed by atoms with Crippen molar-refractivity contribution in [1.82, 2.24) is 34.5 Å². The topological polar surface area (TPSA) is 151 Å². The Bertz CT molecular complexity index is 1390. The minimum atomic E-state index is -0.660. The van der Waals surface area contributed by atoms with Crippen LogP contribution in [0.2, 0.25) is 0 Å². The number of anilines is 3. The highest BCUT2D eigenvalue weighted by Gasteiger charge is 2.20. The normalized spacial score (nSPS) is 11.8. The Morgan fingerprint density at radius 3 is 2.54 bits per heavy atom. The summed E-state index contributed by atoms with van der Waals surface area (Å²) in [6.45, 7) is 5.97. The molecule has 4 N–H and O–H groups in total. The van der Waals surface area contributed by atoms with Gasteiger partial charge in [0.1, 0.15) is 17.7 Å². The summed E-state index contributed by atoms with van der Waals surface area (Å²) in [5.41, 5.74) is 10.0. The van der Waals surface area contributed by atoms with Gasteiger partial charge in [0.25, 0.3) is 5.91 Å². The Morgan fingerprint density at radius 2 is 1.94 bits per heavy atom. The fourth-order valence-corrected chi connectivity index (χ4v) is 4.03. The van der Waals surface area contributed by atoms with Gasteiger partial charge in [-0.2, -0.15) is 15.2 Å². The number of benzene rings is 1. The van der Waals surface area contributed by atoms with Gasteiger partial charge in [0.15, 0.2) is 11.6 Å². The molecule has 1 amide bonds. The summed E-state index contributed by atoms with van der Waals surface area (Å²) in [5.74, 6) is 0.911. The van der Waals surface area contributed by atoms with E-state index in [0.717, 1.165) is 17.0 Å². The number of methoxy groups -OCH3 is 1. The van der Waals surface area contributed by atoms with Crippen molar-refractivity contribution in [3.8, 4) is 17.1 Å². The van der Waals surface area contributed by atoms with E-state index in [-0.39, 0.29) is 17.4 Å². The van der Waals surface area contributed by atoms with Crippen molar-refractivity contribution in [2.45, 2.75) is 26.8 Å². The predicted octanol–water partition coefficient (Wildman–Crippen LogP) is 2.65. The Hall–Kier alpha value is -4.48. The third-order valence-corrected chi connectivity index (χ3v) is 5.71. The molecule has 0 bridgehead atoms. The second kappa shape index (κ2) is 9.41. The van der Waals surface area contributed by atoms with Crippen molar-refractivity contribution >= 4 is 23.4 Å². The standard InChI is InChI=1S/C23H28N10O2/c1-12(18-13(2)30-33(5)14(18)3)27-23-25-10-16(20(24)34)22(29-23)28-17-9-7-8-15(19(17)35-6)21-26-11-32(4)31-21/h7-12H,1-6H3,(H2,24,34)(H2,25,27,28,29). The number of hydrogen-bond acceptors (Lipinski definition) is 9. The van der Waals surface area contributed by atoms with Gasteiger partial charge in [-0.1, -0.05) is 6.07 Å². The smallest absolute Gasteiger partial charge is 0.254 e. The summed E-state index contributed by atoms with van der Waals surface area (Å²) in [4.78, 5) is 25.3. The van der Waals surface area contributed by atoms with Crippen molar-refractivity contribution in [2.24, 2.45) is 19.8 Å². The monoisotopic (exact) mass is 476 g/mol. The van der Waals surface area contributed by atoms with Crippen LogP contribution in [0, 0.1) is 13.8 Å². The van der Waals surface area contributed by atoms with Crippen LogP contribution in [-0.4, -0.2) is 47.5 Å². The lowest BCUT2D eigenvalue weighted by atomic mass is 10.1. The number of nitrogens with one attached hydrogen (secondary N) is 2. The van der Waals surface area contributed by atoms with E-state index >= 15 is 0 Å². The molecule has 0 saturated heterocycles. The van der Waals surface area contributed by atoms with Crippen molar-refractivity contribution in [1.29, 1.82) is 0 Å². The summed E-state index contributed by atoms with van der Waals surface area (Å²) in [5, 5.41) is 15.3. The highest BCUT2D eigenvalue weighted by atomic mass is 16.5. The van der Waals surface area contributed by atoms with Gasteiger partial charge in [-0.3, -0.25) is 14.2 Å². The maximum atomic E-state index is 12.1. The lowest BCUT2D eigenvalue weighted by Crippen LogP contribution is -2.17. The minimum absolute atomic E-state index is 0.121. The molecule has 3 aromatic heterocycles. The van der Waals surface area contributed by atoms with E-state index in [1.807, 2.05) is 44.6 Å². The largest absolute Gasteiger partial charge is 0.494 e. The molecule has 0 aliphatic carbocycles. The summed E-state index contributed by atoms with van der Waals surface area (Å²) in [7, 11) is 5.24. The highest BCUT2D eigenvalue weighted by Crippen LogP contribution is 2.36. The van der Waals surface area contributed by atoms with E-state index in [1.165, 1.54) is 6.20 Å². The molecule has 3 heterocycles. The maximum Gasteiger partial charge on any atom is 0.254 e. The first kappa shape index (κ1) is 23.7. The third kappa shape index (κ3) is 4.63. The molecule has 1 aromatic carbocycles. The number of aryl methyl sites for hydroxylation is 3. The summed E-state index contributed by atoms with van der Waals surface area (Å²) >= 11 is 0. The summed E-state index contributed by atoms with van der Waals surface area (Å²) in [6, 6.07) is 5.36. The molecular weight excluding hydrogens is 448 g/mol. The molecule has 4 rings (SSSR count). The summed E-state index contributed by atoms with van der Waals surface area (Å²) in [6.07, 6.45) is 3.00. The van der Waals surface area contributed by atoms with E-state index in [0.29, 0.717) is 28.8 Å². The van der Waals surface area contributed by atoms with Gasteiger partial charge in [0.2, 0.25) is 5.95 Å². The fraction of sp³-hybridized carbons (Fsp3) is 0.304. The number of nitrogens with zero attached hydrogens (tertiary/aromatic N) is 7. The van der Waals surface area contributed by atoms with Gasteiger partial charge in [-0.05, 0) is 32.9 Å². The minimum Gasteiger partial charge on any atom is -0.494 e. The van der Waals surface area contributed by atoms with Crippen LogP contribution in [0.4, 0.5) is 17.5 Å². The maximum absolute atomic E-state index is 12.1. The first-order valence-corrected chi connectivity index (χ1v) is 10.9. The van der Waals surface area contributed by atoms with Gasteiger partial charge < -0.3 is 21.1 Å². The number of nitrogens with two attached hydrogens (primary N) is 1. The Kier molecular flexibility index (Phi) is 6.36. The second-order valence-corrected chi connectivity index (χ2v) is 8.15. The molecule has 35 heavy (non-hydrogen) atoms. The number of para-hydroxylation sites is 1. The molecule has 1 unspecified atom stereocenters. The number of carbonyl (C=O) groups is 1. The molecule has 182 valence electrons. The van der Waals surface area contributed by atoms with E-state index in [4.69, 9.17) is 10.5 Å². The molecular formula is C23H28N10O2. The number of carbonyl (C=O) groups excluding carboxylic acids is 1. The van der Waals surface area contributed by atoms with Crippen LogP contribution >= 0.6 is 0 Å². The number of amides is 1. The van der Waals surface area contributed by atoms with Gasteiger partial charge >= 0.3 is 0 Å². The predicted molar refractivity (Wildman–Crippen MR) is 132 cm³/mol. The lowest BCUT2D eigenvalue weighted by Gasteiger charge is -2.18. The van der Waals surface area contributed by atoms with E-state index < -0.39 is 5.91 Å². The van der Waals surface area contributed by atoms with Crippen LogP contribution in [0.25, 0.3) is 11.4 Å². The van der Waals surface area contributed by atoms with Crippen LogP contribution in [0.15, 0.2) is 30.7 Å². The fourth-order valence-electron chi connectivity index (χ4n) is 4.03. The first-order valence-electron chi connectivity index (χ1n) is 10.9. The molecule has 0 aliphatic heterocycles. The Morgan fingerprint density at radius 1 is 1.17 bits per heavy atom. The van der Waals surface area contributed by atoms with E-state index in [2.05, 4.69) is 35.8 Å². The molecule has 1 atom stereocenters. The summed E-state index contributed by atoms with van der Waals surface area (Å²) < 4.78 is 9.10. The van der Waals surface area contributed by atoms with Crippen LogP contribution in [0.3, 0.4) is 0 Å². The molecule has 0 fully saturated rings. The molecule has 12 heteroatoms. The van der Waals surface area contributed by atoms with Crippen molar-refractivity contribution in [3.05, 3.63) is 53.2 Å². The zero-order valence-electron chi connectivity index (χ0n) is 20.5. The zero-order valence-corrected chi connectivity index (χ0v) is 20.5. The van der Waals surface area contributed by atoms with E-state index in [9.17, 15) is 4.79 Å². The molecule has 0 spiro atoms. The number of rotatable bonds is 8. The SMILES string of the molecule is COc1c(Nc2nc(NC(C)c3c(C)nn(C)c3C)ncc2C(N)=O)cccc1-c1ncn(C)n1.